The molecule has 0 N–H and O–H groups in total. The Morgan fingerprint density at radius 2 is 1.83 bits per heavy atom. The zero-order valence-corrected chi connectivity index (χ0v) is 13.4. The Bertz CT molecular complexity index is 721. The fourth-order valence-corrected chi connectivity index (χ4v) is 3.10. The molecule has 2 nitrogen and oxygen atoms in total. The smallest absolute Gasteiger partial charge is 0.233 e. The Kier molecular flexibility index (Phi) is 4.11. The van der Waals surface area contributed by atoms with E-state index >= 15 is 0 Å². The number of halogens is 3. The molecule has 0 unspecified atom stereocenters. The van der Waals surface area contributed by atoms with Gasteiger partial charge in [0.2, 0.25) is 5.91 Å². The standard InChI is InChI=1S/C18H16ClF2NO/c1-22(11-14-15(19)3-2-4-16(14)21)17(23)18(9-10-18)12-5-7-13(20)8-6-12/h2-8H,9-11H2,1H3. The van der Waals surface area contributed by atoms with Crippen LogP contribution in [0.15, 0.2) is 42.5 Å². The normalized spacial score (nSPS) is 15.3. The highest BCUT2D eigenvalue weighted by Gasteiger charge is 2.52. The molecule has 120 valence electrons. The van der Waals surface area contributed by atoms with Gasteiger partial charge in [-0.2, -0.15) is 0 Å². The lowest BCUT2D eigenvalue weighted by atomic mass is 9.94. The topological polar surface area (TPSA) is 20.3 Å². The maximum Gasteiger partial charge on any atom is 0.233 e. The summed E-state index contributed by atoms with van der Waals surface area (Å²) in [4.78, 5) is 14.3. The van der Waals surface area contributed by atoms with E-state index in [0.29, 0.717) is 23.4 Å². The molecule has 2 aromatic rings. The summed E-state index contributed by atoms with van der Waals surface area (Å²) in [5.74, 6) is -0.851. The van der Waals surface area contributed by atoms with Crippen molar-refractivity contribution in [3.63, 3.8) is 0 Å². The number of carbonyl (C=O) groups excluding carboxylic acids is 1. The second-order valence-corrected chi connectivity index (χ2v) is 6.36. The Hall–Kier alpha value is -1.94. The molecule has 0 heterocycles. The summed E-state index contributed by atoms with van der Waals surface area (Å²) in [5.41, 5.74) is 0.496. The van der Waals surface area contributed by atoms with Crippen molar-refractivity contribution in [1.82, 2.24) is 4.90 Å². The van der Waals surface area contributed by atoms with Gasteiger partial charge in [-0.3, -0.25) is 4.79 Å². The highest BCUT2D eigenvalue weighted by Crippen LogP contribution is 2.49. The first-order chi connectivity index (χ1) is 10.9. The molecule has 5 heteroatoms. The minimum absolute atomic E-state index is 0.0940. The van der Waals surface area contributed by atoms with Gasteiger partial charge in [-0.1, -0.05) is 29.8 Å². The summed E-state index contributed by atoms with van der Waals surface area (Å²) in [6.07, 6.45) is 1.43. The Morgan fingerprint density at radius 1 is 1.17 bits per heavy atom. The summed E-state index contributed by atoms with van der Waals surface area (Å²) in [7, 11) is 1.63. The molecule has 0 aliphatic heterocycles. The summed E-state index contributed by atoms with van der Waals surface area (Å²) in [6.45, 7) is 0.104. The average Bonchev–Trinajstić information content (AvgIpc) is 3.32. The molecule has 3 rings (SSSR count). The van der Waals surface area contributed by atoms with Crippen molar-refractivity contribution in [2.24, 2.45) is 0 Å². The maximum absolute atomic E-state index is 13.9. The number of hydrogen-bond acceptors (Lipinski definition) is 1. The maximum atomic E-state index is 13.9. The molecule has 2 aromatic carbocycles. The minimum Gasteiger partial charge on any atom is -0.340 e. The second kappa shape index (κ2) is 5.93. The first-order valence-corrected chi connectivity index (χ1v) is 7.76. The van der Waals surface area contributed by atoms with Gasteiger partial charge in [0.15, 0.2) is 0 Å². The third-order valence-electron chi connectivity index (χ3n) is 4.36. The fraction of sp³-hybridized carbons (Fsp3) is 0.278. The summed E-state index contributed by atoms with van der Waals surface area (Å²) in [6, 6.07) is 10.5. The molecular formula is C18H16ClF2NO. The summed E-state index contributed by atoms with van der Waals surface area (Å²) in [5, 5.41) is 0.302. The molecule has 1 saturated carbocycles. The van der Waals surface area contributed by atoms with E-state index in [2.05, 4.69) is 0 Å². The zero-order chi connectivity index (χ0) is 16.6. The Labute approximate surface area is 138 Å². The van der Waals surface area contributed by atoms with Gasteiger partial charge in [-0.15, -0.1) is 0 Å². The quantitative estimate of drug-likeness (QED) is 0.815. The molecule has 1 fully saturated rings. The van der Waals surface area contributed by atoms with Crippen LogP contribution in [0.4, 0.5) is 8.78 Å². The van der Waals surface area contributed by atoms with Crippen molar-refractivity contribution in [2.45, 2.75) is 24.8 Å². The van der Waals surface area contributed by atoms with Crippen LogP contribution in [0.1, 0.15) is 24.0 Å². The van der Waals surface area contributed by atoms with Gasteiger partial charge in [0.25, 0.3) is 0 Å². The molecule has 23 heavy (non-hydrogen) atoms. The van der Waals surface area contributed by atoms with E-state index in [0.717, 1.165) is 5.56 Å². The lowest BCUT2D eigenvalue weighted by Crippen LogP contribution is -2.36. The van der Waals surface area contributed by atoms with Crippen LogP contribution < -0.4 is 0 Å². The molecule has 0 bridgehead atoms. The van der Waals surface area contributed by atoms with Gasteiger partial charge < -0.3 is 4.90 Å². The Morgan fingerprint density at radius 3 is 2.39 bits per heavy atom. The highest BCUT2D eigenvalue weighted by atomic mass is 35.5. The van der Waals surface area contributed by atoms with E-state index in [1.807, 2.05) is 0 Å². The third kappa shape index (κ3) is 2.95. The fourth-order valence-electron chi connectivity index (χ4n) is 2.88. The van der Waals surface area contributed by atoms with Gasteiger partial charge in [0, 0.05) is 24.2 Å². The van der Waals surface area contributed by atoms with E-state index < -0.39 is 11.2 Å². The van der Waals surface area contributed by atoms with Crippen LogP contribution in [0.3, 0.4) is 0 Å². The number of rotatable bonds is 4. The summed E-state index contributed by atoms with van der Waals surface area (Å²) < 4.78 is 27.0. The van der Waals surface area contributed by atoms with Gasteiger partial charge in [-0.05, 0) is 42.7 Å². The van der Waals surface area contributed by atoms with Crippen LogP contribution in [-0.4, -0.2) is 17.9 Å². The monoisotopic (exact) mass is 335 g/mol. The molecule has 1 amide bonds. The van der Waals surface area contributed by atoms with Crippen molar-refractivity contribution in [1.29, 1.82) is 0 Å². The van der Waals surface area contributed by atoms with Crippen LogP contribution in [-0.2, 0) is 16.8 Å². The molecule has 1 aliphatic carbocycles. The number of hydrogen-bond donors (Lipinski definition) is 0. The van der Waals surface area contributed by atoms with Crippen LogP contribution in [0.25, 0.3) is 0 Å². The SMILES string of the molecule is CN(Cc1c(F)cccc1Cl)C(=O)C1(c2ccc(F)cc2)CC1. The number of nitrogens with zero attached hydrogens (tertiary/aromatic N) is 1. The van der Waals surface area contributed by atoms with Crippen LogP contribution in [0.5, 0.6) is 0 Å². The number of carbonyl (C=O) groups is 1. The molecule has 0 atom stereocenters. The molecule has 0 aromatic heterocycles. The predicted octanol–water partition coefficient (Wildman–Crippen LogP) is 4.31. The van der Waals surface area contributed by atoms with Crippen molar-refractivity contribution >= 4 is 17.5 Å². The van der Waals surface area contributed by atoms with Gasteiger partial charge >= 0.3 is 0 Å². The lowest BCUT2D eigenvalue weighted by Gasteiger charge is -2.24. The zero-order valence-electron chi connectivity index (χ0n) is 12.7. The van der Waals surface area contributed by atoms with Crippen molar-refractivity contribution in [2.75, 3.05) is 7.05 Å². The van der Waals surface area contributed by atoms with Gasteiger partial charge in [0.1, 0.15) is 11.6 Å². The van der Waals surface area contributed by atoms with E-state index in [-0.39, 0.29) is 18.3 Å². The van der Waals surface area contributed by atoms with Crippen LogP contribution >= 0.6 is 11.6 Å². The predicted molar refractivity (Wildman–Crippen MR) is 85.2 cm³/mol. The van der Waals surface area contributed by atoms with E-state index in [1.54, 1.807) is 25.2 Å². The lowest BCUT2D eigenvalue weighted by molar-refractivity contribution is -0.133. The number of benzene rings is 2. The van der Waals surface area contributed by atoms with Crippen molar-refractivity contribution < 1.29 is 13.6 Å². The van der Waals surface area contributed by atoms with E-state index in [9.17, 15) is 13.6 Å². The first-order valence-electron chi connectivity index (χ1n) is 7.38. The van der Waals surface area contributed by atoms with Crippen molar-refractivity contribution in [3.05, 3.63) is 70.2 Å². The Balaban J connectivity index is 1.81. The van der Waals surface area contributed by atoms with Crippen LogP contribution in [0.2, 0.25) is 5.02 Å². The summed E-state index contributed by atoms with van der Waals surface area (Å²) >= 11 is 6.02. The molecule has 0 saturated heterocycles. The second-order valence-electron chi connectivity index (χ2n) is 5.95. The number of likely N-dealkylation sites (N-methyl/N-ethyl adjacent to an activating group) is 1. The minimum atomic E-state index is -0.611. The molecule has 0 spiro atoms. The van der Waals surface area contributed by atoms with E-state index in [4.69, 9.17) is 11.6 Å². The van der Waals surface area contributed by atoms with E-state index in [1.165, 1.54) is 29.2 Å². The number of amides is 1. The first kappa shape index (κ1) is 15.9. The van der Waals surface area contributed by atoms with Crippen molar-refractivity contribution in [3.8, 4) is 0 Å². The highest BCUT2D eigenvalue weighted by molar-refractivity contribution is 6.31. The largest absolute Gasteiger partial charge is 0.340 e. The molecule has 0 radical (unpaired) electrons. The van der Waals surface area contributed by atoms with Gasteiger partial charge in [-0.25, -0.2) is 8.78 Å². The van der Waals surface area contributed by atoms with Gasteiger partial charge in [0.05, 0.1) is 5.41 Å². The van der Waals surface area contributed by atoms with Crippen LogP contribution in [0, 0.1) is 11.6 Å². The molecular weight excluding hydrogens is 320 g/mol. The molecule has 1 aliphatic rings. The average molecular weight is 336 g/mol. The third-order valence-corrected chi connectivity index (χ3v) is 4.71.